The van der Waals surface area contributed by atoms with Gasteiger partial charge in [-0.05, 0) is 31.5 Å². The molecule has 0 aliphatic carbocycles. The maximum atomic E-state index is 11.3. The molecule has 0 aliphatic rings. The molecule has 2 N–H and O–H groups in total. The highest BCUT2D eigenvalue weighted by molar-refractivity contribution is 6.30. The first-order chi connectivity index (χ1) is 8.08. The zero-order valence-corrected chi connectivity index (χ0v) is 11.1. The second-order valence-corrected chi connectivity index (χ2v) is 4.72. The van der Waals surface area contributed by atoms with Crippen LogP contribution in [0.3, 0.4) is 0 Å². The second-order valence-electron chi connectivity index (χ2n) is 4.28. The summed E-state index contributed by atoms with van der Waals surface area (Å²) in [5.41, 5.74) is 1.13. The van der Waals surface area contributed by atoms with Crippen molar-refractivity contribution < 1.29 is 4.79 Å². The fraction of sp³-hybridized carbons (Fsp3) is 0.462. The number of carbonyl (C=O) groups is 1. The van der Waals surface area contributed by atoms with Crippen molar-refractivity contribution in [3.8, 4) is 0 Å². The third-order valence-electron chi connectivity index (χ3n) is 2.20. The molecule has 1 aromatic rings. The Bertz CT molecular complexity index is 366. The van der Waals surface area contributed by atoms with Gasteiger partial charge in [-0.1, -0.05) is 23.7 Å². The van der Waals surface area contributed by atoms with E-state index in [0.717, 1.165) is 17.1 Å². The molecule has 0 saturated heterocycles. The van der Waals surface area contributed by atoms with Gasteiger partial charge in [-0.2, -0.15) is 0 Å². The lowest BCUT2D eigenvalue weighted by Crippen LogP contribution is -2.32. The first kappa shape index (κ1) is 14.0. The molecule has 17 heavy (non-hydrogen) atoms. The summed E-state index contributed by atoms with van der Waals surface area (Å²) in [7, 11) is 0. The molecule has 0 atom stereocenters. The van der Waals surface area contributed by atoms with Crippen molar-refractivity contribution in [2.45, 2.75) is 32.9 Å². The van der Waals surface area contributed by atoms with Gasteiger partial charge in [-0.15, -0.1) is 0 Å². The van der Waals surface area contributed by atoms with E-state index >= 15 is 0 Å². The molecule has 0 radical (unpaired) electrons. The van der Waals surface area contributed by atoms with Crippen LogP contribution in [-0.2, 0) is 11.3 Å². The zero-order valence-electron chi connectivity index (χ0n) is 10.3. The Balaban J connectivity index is 2.18. The van der Waals surface area contributed by atoms with Crippen LogP contribution in [-0.4, -0.2) is 18.5 Å². The molecule has 1 amide bonds. The molecule has 1 rings (SSSR count). The highest BCUT2D eigenvalue weighted by atomic mass is 35.5. The number of hydrogen-bond acceptors (Lipinski definition) is 2. The fourth-order valence-electron chi connectivity index (χ4n) is 1.48. The minimum Gasteiger partial charge on any atom is -0.354 e. The highest BCUT2D eigenvalue weighted by Crippen LogP contribution is 2.10. The summed E-state index contributed by atoms with van der Waals surface area (Å²) < 4.78 is 0. The Morgan fingerprint density at radius 1 is 1.41 bits per heavy atom. The first-order valence-electron chi connectivity index (χ1n) is 5.82. The highest BCUT2D eigenvalue weighted by Gasteiger charge is 2.02. The maximum absolute atomic E-state index is 11.3. The predicted octanol–water partition coefficient (Wildman–Crippen LogP) is 2.34. The van der Waals surface area contributed by atoms with Gasteiger partial charge in [0.2, 0.25) is 5.91 Å². The Labute approximate surface area is 108 Å². The minimum atomic E-state index is 0.0820. The Morgan fingerprint density at radius 2 is 2.18 bits per heavy atom. The van der Waals surface area contributed by atoms with E-state index < -0.39 is 0 Å². The van der Waals surface area contributed by atoms with Crippen molar-refractivity contribution in [3.63, 3.8) is 0 Å². The fourth-order valence-corrected chi connectivity index (χ4v) is 1.69. The van der Waals surface area contributed by atoms with E-state index in [-0.39, 0.29) is 11.9 Å². The van der Waals surface area contributed by atoms with Crippen LogP contribution in [0.25, 0.3) is 0 Å². The van der Waals surface area contributed by atoms with Crippen LogP contribution in [0.15, 0.2) is 24.3 Å². The Morgan fingerprint density at radius 3 is 2.82 bits per heavy atom. The van der Waals surface area contributed by atoms with E-state index in [1.54, 1.807) is 0 Å². The second kappa shape index (κ2) is 7.30. The summed E-state index contributed by atoms with van der Waals surface area (Å²) in [5.74, 6) is 0.0820. The van der Waals surface area contributed by atoms with Crippen LogP contribution in [0, 0.1) is 0 Å². The van der Waals surface area contributed by atoms with E-state index in [0.29, 0.717) is 13.0 Å². The number of hydrogen-bond donors (Lipinski definition) is 2. The van der Waals surface area contributed by atoms with Gasteiger partial charge in [0.25, 0.3) is 0 Å². The van der Waals surface area contributed by atoms with E-state index in [1.807, 2.05) is 38.1 Å². The Kier molecular flexibility index (Phi) is 6.01. The first-order valence-corrected chi connectivity index (χ1v) is 6.20. The smallest absolute Gasteiger partial charge is 0.221 e. The van der Waals surface area contributed by atoms with Crippen molar-refractivity contribution >= 4 is 17.5 Å². The van der Waals surface area contributed by atoms with Gasteiger partial charge in [0.05, 0.1) is 0 Å². The number of halogens is 1. The van der Waals surface area contributed by atoms with Crippen molar-refractivity contribution in [1.82, 2.24) is 10.6 Å². The molecule has 3 nitrogen and oxygen atoms in total. The summed E-state index contributed by atoms with van der Waals surface area (Å²) in [4.78, 5) is 11.3. The molecule has 0 spiro atoms. The third-order valence-corrected chi connectivity index (χ3v) is 2.43. The molecular weight excluding hydrogens is 236 g/mol. The van der Waals surface area contributed by atoms with Gasteiger partial charge in [0.1, 0.15) is 0 Å². The molecule has 1 aromatic carbocycles. The summed E-state index contributed by atoms with van der Waals surface area (Å²) in [6, 6.07) is 7.90. The predicted molar refractivity (Wildman–Crippen MR) is 71.1 cm³/mol. The van der Waals surface area contributed by atoms with Crippen molar-refractivity contribution in [1.29, 1.82) is 0 Å². The van der Waals surface area contributed by atoms with Crippen LogP contribution in [0.4, 0.5) is 0 Å². The maximum Gasteiger partial charge on any atom is 0.221 e. The number of rotatable bonds is 6. The summed E-state index contributed by atoms with van der Waals surface area (Å²) in [6.45, 7) is 5.31. The lowest BCUT2D eigenvalue weighted by Gasteiger charge is -2.09. The molecule has 0 aromatic heterocycles. The molecule has 0 saturated carbocycles. The lowest BCUT2D eigenvalue weighted by atomic mass is 10.2. The topological polar surface area (TPSA) is 41.1 Å². The zero-order chi connectivity index (χ0) is 12.7. The summed E-state index contributed by atoms with van der Waals surface area (Å²) in [5, 5.41) is 6.80. The number of nitrogens with one attached hydrogen (secondary N) is 2. The van der Waals surface area contributed by atoms with Gasteiger partial charge in [0, 0.05) is 30.6 Å². The van der Waals surface area contributed by atoms with Crippen molar-refractivity contribution in [3.05, 3.63) is 34.9 Å². The van der Waals surface area contributed by atoms with E-state index in [1.165, 1.54) is 0 Å². The SMILES string of the molecule is CC(C)NC(=O)CCNCc1cccc(Cl)c1. The average molecular weight is 255 g/mol. The van der Waals surface area contributed by atoms with Crippen molar-refractivity contribution in [2.24, 2.45) is 0 Å². The Hall–Kier alpha value is -1.06. The number of carbonyl (C=O) groups excluding carboxylic acids is 1. The summed E-state index contributed by atoms with van der Waals surface area (Å²) >= 11 is 5.87. The van der Waals surface area contributed by atoms with Crippen molar-refractivity contribution in [2.75, 3.05) is 6.54 Å². The third kappa shape index (κ3) is 6.29. The molecule has 0 heterocycles. The molecule has 0 bridgehead atoms. The molecule has 4 heteroatoms. The van der Waals surface area contributed by atoms with Crippen LogP contribution in [0.1, 0.15) is 25.8 Å². The molecule has 94 valence electrons. The molecule has 0 fully saturated rings. The van der Waals surface area contributed by atoms with Gasteiger partial charge in [-0.25, -0.2) is 0 Å². The summed E-state index contributed by atoms with van der Waals surface area (Å²) in [6.07, 6.45) is 0.499. The van der Waals surface area contributed by atoms with Crippen LogP contribution >= 0.6 is 11.6 Å². The number of benzene rings is 1. The monoisotopic (exact) mass is 254 g/mol. The van der Waals surface area contributed by atoms with Gasteiger partial charge in [0.15, 0.2) is 0 Å². The quantitative estimate of drug-likeness (QED) is 0.765. The lowest BCUT2D eigenvalue weighted by molar-refractivity contribution is -0.121. The van der Waals surface area contributed by atoms with Crippen LogP contribution in [0.2, 0.25) is 5.02 Å². The van der Waals surface area contributed by atoms with Crippen LogP contribution < -0.4 is 10.6 Å². The minimum absolute atomic E-state index is 0.0820. The standard InChI is InChI=1S/C13H19ClN2O/c1-10(2)16-13(17)6-7-15-9-11-4-3-5-12(14)8-11/h3-5,8,10,15H,6-7,9H2,1-2H3,(H,16,17). The van der Waals surface area contributed by atoms with E-state index in [9.17, 15) is 4.79 Å². The molecular formula is C13H19ClN2O. The average Bonchev–Trinajstić information content (AvgIpc) is 2.23. The van der Waals surface area contributed by atoms with E-state index in [4.69, 9.17) is 11.6 Å². The van der Waals surface area contributed by atoms with Gasteiger partial charge in [-0.3, -0.25) is 4.79 Å². The van der Waals surface area contributed by atoms with E-state index in [2.05, 4.69) is 10.6 Å². The number of amides is 1. The van der Waals surface area contributed by atoms with Gasteiger partial charge < -0.3 is 10.6 Å². The molecule has 0 aliphatic heterocycles. The normalized spacial score (nSPS) is 10.6. The molecule has 0 unspecified atom stereocenters. The van der Waals surface area contributed by atoms with Crippen LogP contribution in [0.5, 0.6) is 0 Å². The van der Waals surface area contributed by atoms with Gasteiger partial charge >= 0.3 is 0 Å². The largest absolute Gasteiger partial charge is 0.354 e.